The first-order valence-corrected chi connectivity index (χ1v) is 14.2. The van der Waals surface area contributed by atoms with Crippen LogP contribution in [-0.2, 0) is 13.0 Å². The summed E-state index contributed by atoms with van der Waals surface area (Å²) in [4.78, 5) is 40.3. The Bertz CT molecular complexity index is 1170. The standard InChI is InChI=1S/C28H34N6O3S/c35-27(23-6-4-22(5-7-23)21-33-12-2-1-3-13-33)31-25-9-8-24(20-30-25)37-28(36)34-17-15-32(16-18-34)14-10-26-29-11-19-38-26/h4-9,11,19-20H,1-3,10,12-18,21H2,(H,30,31,35). The minimum absolute atomic E-state index is 0.223. The van der Waals surface area contributed by atoms with Gasteiger partial charge >= 0.3 is 6.09 Å². The molecule has 0 spiro atoms. The second kappa shape index (κ2) is 12.9. The van der Waals surface area contributed by atoms with Crippen molar-refractivity contribution in [3.05, 3.63) is 70.3 Å². The third kappa shape index (κ3) is 7.37. The molecule has 2 aliphatic rings. The number of rotatable bonds is 8. The molecular weight excluding hydrogens is 500 g/mol. The Hall–Kier alpha value is -3.34. The molecule has 9 nitrogen and oxygen atoms in total. The highest BCUT2D eigenvalue weighted by molar-refractivity contribution is 7.09. The molecule has 5 rings (SSSR count). The van der Waals surface area contributed by atoms with Gasteiger partial charge in [0.15, 0.2) is 5.75 Å². The topological polar surface area (TPSA) is 90.9 Å². The van der Waals surface area contributed by atoms with Crippen LogP contribution in [0.25, 0.3) is 0 Å². The quantitative estimate of drug-likeness (QED) is 0.465. The van der Waals surface area contributed by atoms with Gasteiger partial charge in [0.2, 0.25) is 0 Å². The number of carbonyl (C=O) groups is 2. The lowest BCUT2D eigenvalue weighted by Crippen LogP contribution is -2.49. The van der Waals surface area contributed by atoms with Gasteiger partial charge in [0, 0.05) is 62.8 Å². The average molecular weight is 535 g/mol. The fourth-order valence-electron chi connectivity index (χ4n) is 4.79. The molecule has 2 aliphatic heterocycles. The van der Waals surface area contributed by atoms with Crippen LogP contribution in [-0.4, -0.2) is 82.5 Å². The summed E-state index contributed by atoms with van der Waals surface area (Å²) in [5.74, 6) is 0.529. The van der Waals surface area contributed by atoms with Crippen LogP contribution in [0.5, 0.6) is 5.75 Å². The monoisotopic (exact) mass is 534 g/mol. The Morgan fingerprint density at radius 2 is 1.68 bits per heavy atom. The maximum absolute atomic E-state index is 12.7. The van der Waals surface area contributed by atoms with Crippen molar-refractivity contribution in [2.24, 2.45) is 0 Å². The van der Waals surface area contributed by atoms with Gasteiger partial charge in [-0.05, 0) is 55.8 Å². The molecule has 200 valence electrons. The number of hydrogen-bond acceptors (Lipinski definition) is 8. The number of aromatic nitrogens is 2. The highest BCUT2D eigenvalue weighted by Crippen LogP contribution is 2.17. The molecule has 0 saturated carbocycles. The average Bonchev–Trinajstić information content (AvgIpc) is 3.48. The van der Waals surface area contributed by atoms with E-state index in [1.807, 2.05) is 35.8 Å². The summed E-state index contributed by atoms with van der Waals surface area (Å²) in [5, 5.41) is 5.94. The molecule has 1 aromatic carbocycles. The van der Waals surface area contributed by atoms with Gasteiger partial charge in [-0.2, -0.15) is 0 Å². The molecule has 2 amide bonds. The lowest BCUT2D eigenvalue weighted by atomic mass is 10.1. The van der Waals surface area contributed by atoms with Crippen LogP contribution < -0.4 is 10.1 Å². The first-order valence-electron chi connectivity index (χ1n) is 13.3. The van der Waals surface area contributed by atoms with E-state index in [0.717, 1.165) is 50.7 Å². The van der Waals surface area contributed by atoms with Crippen LogP contribution in [0.1, 0.15) is 40.2 Å². The molecule has 0 radical (unpaired) electrons. The number of nitrogens with zero attached hydrogens (tertiary/aromatic N) is 5. The van der Waals surface area contributed by atoms with Crippen LogP contribution in [0.4, 0.5) is 10.6 Å². The van der Waals surface area contributed by atoms with Crippen LogP contribution in [0.2, 0.25) is 0 Å². The maximum atomic E-state index is 12.7. The maximum Gasteiger partial charge on any atom is 0.415 e. The van der Waals surface area contributed by atoms with Crippen molar-refractivity contribution in [2.45, 2.75) is 32.2 Å². The SMILES string of the molecule is O=C(Nc1ccc(OC(=O)N2CCN(CCc3nccs3)CC2)cn1)c1ccc(CN2CCCCC2)cc1. The van der Waals surface area contributed by atoms with E-state index in [2.05, 4.69) is 25.1 Å². The molecule has 0 bridgehead atoms. The molecule has 0 atom stereocenters. The predicted molar refractivity (Wildman–Crippen MR) is 148 cm³/mol. The zero-order valence-corrected chi connectivity index (χ0v) is 22.4. The molecule has 2 aromatic heterocycles. The number of piperidine rings is 1. The predicted octanol–water partition coefficient (Wildman–Crippen LogP) is 4.14. The number of nitrogens with one attached hydrogen (secondary N) is 1. The van der Waals surface area contributed by atoms with Gasteiger partial charge in [-0.3, -0.25) is 14.6 Å². The number of carbonyl (C=O) groups excluding carboxylic acids is 2. The summed E-state index contributed by atoms with van der Waals surface area (Å²) in [6.45, 7) is 7.01. The fourth-order valence-corrected chi connectivity index (χ4v) is 5.40. The van der Waals surface area contributed by atoms with Crippen molar-refractivity contribution < 1.29 is 14.3 Å². The summed E-state index contributed by atoms with van der Waals surface area (Å²) in [6, 6.07) is 11.0. The first-order chi connectivity index (χ1) is 18.6. The second-order valence-corrected chi connectivity index (χ2v) is 10.7. The smallest absolute Gasteiger partial charge is 0.409 e. The van der Waals surface area contributed by atoms with E-state index in [1.165, 1.54) is 31.0 Å². The molecule has 0 unspecified atom stereocenters. The van der Waals surface area contributed by atoms with Crippen molar-refractivity contribution in [3.63, 3.8) is 0 Å². The van der Waals surface area contributed by atoms with E-state index >= 15 is 0 Å². The Balaban J connectivity index is 1.05. The van der Waals surface area contributed by atoms with E-state index in [9.17, 15) is 9.59 Å². The number of amides is 2. The van der Waals surface area contributed by atoms with Crippen molar-refractivity contribution >= 4 is 29.2 Å². The molecule has 3 aromatic rings. The van der Waals surface area contributed by atoms with E-state index in [1.54, 1.807) is 28.4 Å². The van der Waals surface area contributed by atoms with Crippen LogP contribution in [0.15, 0.2) is 54.2 Å². The number of thiazole rings is 1. The summed E-state index contributed by atoms with van der Waals surface area (Å²) in [5.41, 5.74) is 1.79. The highest BCUT2D eigenvalue weighted by Gasteiger charge is 2.23. The molecule has 2 saturated heterocycles. The van der Waals surface area contributed by atoms with Gasteiger partial charge < -0.3 is 15.0 Å². The van der Waals surface area contributed by atoms with Crippen molar-refractivity contribution in [2.75, 3.05) is 51.1 Å². The fraction of sp³-hybridized carbons (Fsp3) is 0.429. The lowest BCUT2D eigenvalue weighted by Gasteiger charge is -2.33. The third-order valence-electron chi connectivity index (χ3n) is 7.01. The van der Waals surface area contributed by atoms with Gasteiger partial charge in [0.1, 0.15) is 5.82 Å². The van der Waals surface area contributed by atoms with Gasteiger partial charge in [-0.1, -0.05) is 18.6 Å². The number of piperazine rings is 1. The van der Waals surface area contributed by atoms with Crippen molar-refractivity contribution in [1.29, 1.82) is 0 Å². The van der Waals surface area contributed by atoms with E-state index in [0.29, 0.717) is 30.2 Å². The normalized spacial score (nSPS) is 16.8. The third-order valence-corrected chi connectivity index (χ3v) is 7.85. The molecular formula is C28H34N6O3S. The number of likely N-dealkylation sites (tertiary alicyclic amines) is 1. The summed E-state index contributed by atoms with van der Waals surface area (Å²) in [6.07, 6.45) is 7.68. The largest absolute Gasteiger partial charge is 0.415 e. The number of anilines is 1. The van der Waals surface area contributed by atoms with E-state index < -0.39 is 0 Å². The van der Waals surface area contributed by atoms with Crippen LogP contribution >= 0.6 is 11.3 Å². The Labute approximate surface area is 227 Å². The van der Waals surface area contributed by atoms with Crippen molar-refractivity contribution in [1.82, 2.24) is 24.7 Å². The van der Waals surface area contributed by atoms with E-state index in [4.69, 9.17) is 4.74 Å². The number of benzene rings is 1. The first kappa shape index (κ1) is 26.3. The van der Waals surface area contributed by atoms with Crippen LogP contribution in [0.3, 0.4) is 0 Å². The molecule has 38 heavy (non-hydrogen) atoms. The zero-order valence-electron chi connectivity index (χ0n) is 21.6. The lowest BCUT2D eigenvalue weighted by molar-refractivity contribution is 0.102. The van der Waals surface area contributed by atoms with Crippen LogP contribution in [0, 0.1) is 0 Å². The molecule has 0 aliphatic carbocycles. The second-order valence-electron chi connectivity index (χ2n) is 9.74. The molecule has 10 heteroatoms. The van der Waals surface area contributed by atoms with E-state index in [-0.39, 0.29) is 12.0 Å². The highest BCUT2D eigenvalue weighted by atomic mass is 32.1. The van der Waals surface area contributed by atoms with Gasteiger partial charge in [0.25, 0.3) is 5.91 Å². The summed E-state index contributed by atoms with van der Waals surface area (Å²) < 4.78 is 5.51. The zero-order chi connectivity index (χ0) is 26.2. The van der Waals surface area contributed by atoms with Gasteiger partial charge in [-0.15, -0.1) is 11.3 Å². The summed E-state index contributed by atoms with van der Waals surface area (Å²) in [7, 11) is 0. The molecule has 1 N–H and O–H groups in total. The van der Waals surface area contributed by atoms with Crippen molar-refractivity contribution in [3.8, 4) is 5.75 Å². The molecule has 4 heterocycles. The Morgan fingerprint density at radius 1 is 0.895 bits per heavy atom. The Kier molecular flexibility index (Phi) is 8.95. The number of hydrogen-bond donors (Lipinski definition) is 1. The van der Waals surface area contributed by atoms with Gasteiger partial charge in [0.05, 0.1) is 11.2 Å². The Morgan fingerprint density at radius 3 is 2.37 bits per heavy atom. The number of ether oxygens (including phenoxy) is 1. The summed E-state index contributed by atoms with van der Waals surface area (Å²) >= 11 is 1.67. The van der Waals surface area contributed by atoms with Gasteiger partial charge in [-0.25, -0.2) is 14.8 Å². The molecule has 2 fully saturated rings. The number of pyridine rings is 1. The minimum atomic E-state index is -0.382. The minimum Gasteiger partial charge on any atom is -0.409 e.